The monoisotopic (exact) mass is 317 g/mol. The summed E-state index contributed by atoms with van der Waals surface area (Å²) in [5.74, 6) is 0. The fourth-order valence-electron chi connectivity index (χ4n) is 2.62. The van der Waals surface area contributed by atoms with Gasteiger partial charge in [0.05, 0.1) is 0 Å². The fourth-order valence-corrected chi connectivity index (χ4v) is 5.80. The van der Waals surface area contributed by atoms with Crippen LogP contribution in [-0.2, 0) is 16.4 Å². The van der Waals surface area contributed by atoms with Gasteiger partial charge in [0.15, 0.2) is 0 Å². The van der Waals surface area contributed by atoms with Crippen molar-refractivity contribution in [2.75, 3.05) is 33.7 Å². The van der Waals surface area contributed by atoms with E-state index in [9.17, 15) is 8.42 Å². The average molecular weight is 317 g/mol. The van der Waals surface area contributed by atoms with E-state index in [-0.39, 0.29) is 6.04 Å². The molecule has 1 aromatic rings. The number of sulfonamides is 1. The van der Waals surface area contributed by atoms with Gasteiger partial charge in [0, 0.05) is 24.0 Å². The minimum atomic E-state index is -3.35. The van der Waals surface area contributed by atoms with Crippen LogP contribution in [0.25, 0.3) is 0 Å². The summed E-state index contributed by atoms with van der Waals surface area (Å²) in [7, 11) is 0.613. The fraction of sp³-hybridized carbons (Fsp3) is 0.692. The Labute approximate surface area is 125 Å². The summed E-state index contributed by atoms with van der Waals surface area (Å²) in [5, 5.41) is 0. The summed E-state index contributed by atoms with van der Waals surface area (Å²) in [5.41, 5.74) is 5.52. The van der Waals surface area contributed by atoms with Gasteiger partial charge in [-0.15, -0.1) is 11.3 Å². The van der Waals surface area contributed by atoms with Crippen LogP contribution < -0.4 is 5.73 Å². The number of nitrogens with zero attached hydrogens (tertiary/aromatic N) is 2. The summed E-state index contributed by atoms with van der Waals surface area (Å²) >= 11 is 1.35. The lowest BCUT2D eigenvalue weighted by Gasteiger charge is -2.25. The Morgan fingerprint density at radius 3 is 2.85 bits per heavy atom. The third-order valence-corrected chi connectivity index (χ3v) is 7.05. The minimum absolute atomic E-state index is 0.0926. The highest BCUT2D eigenvalue weighted by Gasteiger charge is 2.36. The highest BCUT2D eigenvalue weighted by Crippen LogP contribution is 2.30. The third kappa shape index (κ3) is 3.40. The molecule has 1 atom stereocenters. The van der Waals surface area contributed by atoms with E-state index in [0.29, 0.717) is 17.3 Å². The van der Waals surface area contributed by atoms with Gasteiger partial charge in [-0.2, -0.15) is 4.31 Å². The number of thiophene rings is 1. The maximum absolute atomic E-state index is 12.7. The molecule has 0 aromatic carbocycles. The molecule has 0 aliphatic carbocycles. The van der Waals surface area contributed by atoms with Gasteiger partial charge in [0.2, 0.25) is 0 Å². The Hall–Kier alpha value is -0.470. The van der Waals surface area contributed by atoms with Gasteiger partial charge in [-0.05, 0) is 52.0 Å². The summed E-state index contributed by atoms with van der Waals surface area (Å²) in [6.45, 7) is 1.96. The number of nitrogens with two attached hydrogens (primary N) is 1. The lowest BCUT2D eigenvalue weighted by molar-refractivity contribution is 0.291. The van der Waals surface area contributed by atoms with E-state index < -0.39 is 10.0 Å². The molecule has 1 aromatic heterocycles. The first kappa shape index (κ1) is 15.9. The molecule has 0 bridgehead atoms. The molecule has 0 radical (unpaired) electrons. The Morgan fingerprint density at radius 2 is 2.20 bits per heavy atom. The summed E-state index contributed by atoms with van der Waals surface area (Å²) in [6, 6.07) is 3.69. The van der Waals surface area contributed by atoms with Crippen LogP contribution in [0.4, 0.5) is 0 Å². The van der Waals surface area contributed by atoms with E-state index in [1.54, 1.807) is 10.4 Å². The molecule has 1 saturated heterocycles. The molecule has 0 amide bonds. The van der Waals surface area contributed by atoms with Crippen molar-refractivity contribution in [1.82, 2.24) is 9.21 Å². The molecule has 2 rings (SSSR count). The van der Waals surface area contributed by atoms with Crippen LogP contribution in [0.5, 0.6) is 0 Å². The highest BCUT2D eigenvalue weighted by molar-refractivity contribution is 7.91. The predicted octanol–water partition coefficient (Wildman–Crippen LogP) is 0.964. The molecule has 2 heterocycles. The second kappa shape index (κ2) is 6.53. The second-order valence-corrected chi connectivity index (χ2v) is 8.72. The standard InChI is InChI=1S/C13H23N3O2S2/c1-15(2)10-11-4-3-9-16(11)20(17,18)13-6-5-12(19-13)7-8-14/h5-6,11H,3-4,7-10,14H2,1-2H3. The molecule has 1 aliphatic rings. The van der Waals surface area contributed by atoms with Gasteiger partial charge in [-0.3, -0.25) is 0 Å². The topological polar surface area (TPSA) is 66.6 Å². The van der Waals surface area contributed by atoms with Gasteiger partial charge < -0.3 is 10.6 Å². The largest absolute Gasteiger partial charge is 0.330 e. The molecule has 0 saturated carbocycles. The smallest absolute Gasteiger partial charge is 0.252 e. The van der Waals surface area contributed by atoms with E-state index in [1.165, 1.54) is 11.3 Å². The van der Waals surface area contributed by atoms with E-state index >= 15 is 0 Å². The molecule has 1 aliphatic heterocycles. The molecule has 1 fully saturated rings. The van der Waals surface area contributed by atoms with Gasteiger partial charge in [-0.1, -0.05) is 0 Å². The van der Waals surface area contributed by atoms with Crippen molar-refractivity contribution >= 4 is 21.4 Å². The van der Waals surface area contributed by atoms with E-state index in [4.69, 9.17) is 5.73 Å². The predicted molar refractivity (Wildman–Crippen MR) is 82.5 cm³/mol. The Kier molecular flexibility index (Phi) is 5.19. The summed E-state index contributed by atoms with van der Waals surface area (Å²) in [4.78, 5) is 3.08. The van der Waals surface area contributed by atoms with Crippen LogP contribution in [0.3, 0.4) is 0 Å². The van der Waals surface area contributed by atoms with Crippen molar-refractivity contribution in [3.8, 4) is 0 Å². The van der Waals surface area contributed by atoms with Crippen molar-refractivity contribution < 1.29 is 8.42 Å². The zero-order valence-corrected chi connectivity index (χ0v) is 13.7. The lowest BCUT2D eigenvalue weighted by atomic mass is 10.2. The Morgan fingerprint density at radius 1 is 1.45 bits per heavy atom. The first-order chi connectivity index (χ1) is 9.45. The van der Waals surface area contributed by atoms with E-state index in [2.05, 4.69) is 0 Å². The van der Waals surface area contributed by atoms with Gasteiger partial charge in [0.25, 0.3) is 10.0 Å². The van der Waals surface area contributed by atoms with Crippen LogP contribution in [-0.4, -0.2) is 57.4 Å². The SMILES string of the molecule is CN(C)CC1CCCN1S(=O)(=O)c1ccc(CCN)s1. The maximum Gasteiger partial charge on any atom is 0.252 e. The van der Waals surface area contributed by atoms with Crippen molar-refractivity contribution in [1.29, 1.82) is 0 Å². The van der Waals surface area contributed by atoms with Crippen LogP contribution in [0.1, 0.15) is 17.7 Å². The van der Waals surface area contributed by atoms with E-state index in [0.717, 1.165) is 30.7 Å². The summed E-state index contributed by atoms with van der Waals surface area (Å²) in [6.07, 6.45) is 2.62. The number of likely N-dealkylation sites (N-methyl/N-ethyl adjacent to an activating group) is 1. The van der Waals surface area contributed by atoms with Crippen molar-refractivity contribution in [2.45, 2.75) is 29.5 Å². The van der Waals surface area contributed by atoms with Crippen molar-refractivity contribution in [3.05, 3.63) is 17.0 Å². The number of hydrogen-bond donors (Lipinski definition) is 1. The lowest BCUT2D eigenvalue weighted by Crippen LogP contribution is -2.40. The van der Waals surface area contributed by atoms with Crippen LogP contribution >= 0.6 is 11.3 Å². The highest BCUT2D eigenvalue weighted by atomic mass is 32.2. The zero-order valence-electron chi connectivity index (χ0n) is 12.1. The van der Waals surface area contributed by atoms with Crippen molar-refractivity contribution in [3.63, 3.8) is 0 Å². The number of hydrogen-bond acceptors (Lipinski definition) is 5. The Bertz CT molecular complexity index is 540. The zero-order chi connectivity index (χ0) is 14.8. The molecule has 0 spiro atoms. The molecule has 114 valence electrons. The molecule has 20 heavy (non-hydrogen) atoms. The molecular weight excluding hydrogens is 294 g/mol. The van der Waals surface area contributed by atoms with Gasteiger partial charge in [0.1, 0.15) is 4.21 Å². The van der Waals surface area contributed by atoms with Crippen LogP contribution in [0, 0.1) is 0 Å². The first-order valence-corrected chi connectivity index (χ1v) is 9.16. The van der Waals surface area contributed by atoms with E-state index in [1.807, 2.05) is 25.1 Å². The van der Waals surface area contributed by atoms with Crippen molar-refractivity contribution in [2.24, 2.45) is 5.73 Å². The third-order valence-electron chi connectivity index (χ3n) is 3.49. The maximum atomic E-state index is 12.7. The molecule has 5 nitrogen and oxygen atoms in total. The molecular formula is C13H23N3O2S2. The Balaban J connectivity index is 2.19. The summed E-state index contributed by atoms with van der Waals surface area (Å²) < 4.78 is 27.6. The van der Waals surface area contributed by atoms with Crippen LogP contribution in [0.2, 0.25) is 0 Å². The van der Waals surface area contributed by atoms with Crippen LogP contribution in [0.15, 0.2) is 16.3 Å². The normalized spacial score (nSPS) is 20.9. The first-order valence-electron chi connectivity index (χ1n) is 6.90. The number of rotatable bonds is 6. The minimum Gasteiger partial charge on any atom is -0.330 e. The second-order valence-electron chi connectivity index (χ2n) is 5.43. The average Bonchev–Trinajstić information content (AvgIpc) is 2.98. The quantitative estimate of drug-likeness (QED) is 0.849. The van der Waals surface area contributed by atoms with Gasteiger partial charge >= 0.3 is 0 Å². The molecule has 2 N–H and O–H groups in total. The van der Waals surface area contributed by atoms with Gasteiger partial charge in [-0.25, -0.2) is 8.42 Å². The molecule has 7 heteroatoms. The molecule has 1 unspecified atom stereocenters.